The molecule has 4 nitrogen and oxygen atoms in total. The average Bonchev–Trinajstić information content (AvgIpc) is 2.69. The van der Waals surface area contributed by atoms with Crippen LogP contribution in [0.25, 0.3) is 5.69 Å². The number of nitrogens with zero attached hydrogens (tertiary/aromatic N) is 2. The molecule has 9 heteroatoms. The third-order valence-electron chi connectivity index (χ3n) is 2.40. The second-order valence-electron chi connectivity index (χ2n) is 3.60. The molecule has 0 aliphatic rings. The molecule has 1 aromatic carbocycles. The van der Waals surface area contributed by atoms with Gasteiger partial charge in [-0.25, -0.2) is 0 Å². The molecule has 0 amide bonds. The first-order chi connectivity index (χ1) is 8.84. The van der Waals surface area contributed by atoms with Crippen LogP contribution in [0, 0.1) is 4.77 Å². The van der Waals surface area contributed by atoms with Gasteiger partial charge in [0.1, 0.15) is 6.61 Å². The fourth-order valence-electron chi connectivity index (χ4n) is 1.54. The minimum atomic E-state index is -4.50. The molecule has 0 atom stereocenters. The van der Waals surface area contributed by atoms with Crippen molar-refractivity contribution in [1.82, 2.24) is 14.8 Å². The van der Waals surface area contributed by atoms with E-state index in [2.05, 4.69) is 10.2 Å². The van der Waals surface area contributed by atoms with Crippen molar-refractivity contribution in [3.63, 3.8) is 0 Å². The van der Waals surface area contributed by atoms with Crippen LogP contribution in [-0.4, -0.2) is 19.9 Å². The molecule has 0 aliphatic carbocycles. The zero-order valence-electron chi connectivity index (χ0n) is 9.20. The number of rotatable bonds is 2. The molecule has 19 heavy (non-hydrogen) atoms. The molecular formula is C10H7ClF3N3OS. The number of nitrogens with one attached hydrogen (secondary N) is 1. The topological polar surface area (TPSA) is 53.8 Å². The predicted octanol–water partition coefficient (Wildman–Crippen LogP) is 3.09. The molecule has 0 saturated carbocycles. The van der Waals surface area contributed by atoms with Crippen LogP contribution in [-0.2, 0) is 12.8 Å². The Morgan fingerprint density at radius 2 is 2.11 bits per heavy atom. The maximum Gasteiger partial charge on any atom is 0.416 e. The highest BCUT2D eigenvalue weighted by molar-refractivity contribution is 7.71. The highest BCUT2D eigenvalue weighted by atomic mass is 35.5. The van der Waals surface area contributed by atoms with Gasteiger partial charge in [-0.05, 0) is 30.4 Å². The summed E-state index contributed by atoms with van der Waals surface area (Å²) in [6, 6.07) is 2.84. The summed E-state index contributed by atoms with van der Waals surface area (Å²) >= 11 is 10.8. The molecule has 1 heterocycles. The Bertz CT molecular complexity index is 665. The van der Waals surface area contributed by atoms with Crippen LogP contribution in [0.2, 0.25) is 5.02 Å². The number of hydrogen-bond donors (Lipinski definition) is 2. The van der Waals surface area contributed by atoms with Gasteiger partial charge in [0.25, 0.3) is 0 Å². The van der Waals surface area contributed by atoms with Gasteiger partial charge in [-0.2, -0.15) is 18.3 Å². The quantitative estimate of drug-likeness (QED) is 0.838. The summed E-state index contributed by atoms with van der Waals surface area (Å²) in [5.41, 5.74) is -0.849. The van der Waals surface area contributed by atoms with Crippen LogP contribution < -0.4 is 0 Å². The smallest absolute Gasteiger partial charge is 0.388 e. The van der Waals surface area contributed by atoms with E-state index in [4.69, 9.17) is 28.9 Å². The Balaban J connectivity index is 2.68. The number of aliphatic hydroxyl groups is 1. The van der Waals surface area contributed by atoms with E-state index in [0.29, 0.717) is 0 Å². The molecule has 2 aromatic rings. The lowest BCUT2D eigenvalue weighted by atomic mass is 10.2. The fraction of sp³-hybridized carbons (Fsp3) is 0.200. The first-order valence-corrected chi connectivity index (χ1v) is 5.77. The molecule has 2 N–H and O–H groups in total. The Morgan fingerprint density at radius 3 is 2.68 bits per heavy atom. The molecule has 0 aliphatic heterocycles. The lowest BCUT2D eigenvalue weighted by Crippen LogP contribution is -2.08. The lowest BCUT2D eigenvalue weighted by molar-refractivity contribution is -0.137. The van der Waals surface area contributed by atoms with Crippen molar-refractivity contribution in [3.8, 4) is 5.69 Å². The van der Waals surface area contributed by atoms with Crippen LogP contribution in [0.5, 0.6) is 0 Å². The van der Waals surface area contributed by atoms with Gasteiger partial charge in [0, 0.05) is 0 Å². The van der Waals surface area contributed by atoms with E-state index in [0.717, 1.165) is 22.8 Å². The number of hydrogen-bond acceptors (Lipinski definition) is 3. The molecular weight excluding hydrogens is 303 g/mol. The zero-order chi connectivity index (χ0) is 14.2. The summed E-state index contributed by atoms with van der Waals surface area (Å²) < 4.78 is 39.2. The van der Waals surface area contributed by atoms with Gasteiger partial charge in [0.05, 0.1) is 16.3 Å². The maximum atomic E-state index is 12.7. The highest BCUT2D eigenvalue weighted by Crippen LogP contribution is 2.33. The number of alkyl halides is 3. The molecule has 2 rings (SSSR count). The number of aromatic amines is 1. The van der Waals surface area contributed by atoms with Gasteiger partial charge in [0.15, 0.2) is 10.6 Å². The Morgan fingerprint density at radius 1 is 1.42 bits per heavy atom. The van der Waals surface area contributed by atoms with Gasteiger partial charge in [-0.1, -0.05) is 11.6 Å². The van der Waals surface area contributed by atoms with Crippen molar-refractivity contribution in [1.29, 1.82) is 0 Å². The third kappa shape index (κ3) is 2.65. The molecule has 0 spiro atoms. The van der Waals surface area contributed by atoms with Crippen LogP contribution in [0.4, 0.5) is 13.2 Å². The van der Waals surface area contributed by atoms with E-state index in [1.807, 2.05) is 0 Å². The van der Waals surface area contributed by atoms with Gasteiger partial charge in [0.2, 0.25) is 0 Å². The first-order valence-electron chi connectivity index (χ1n) is 4.99. The van der Waals surface area contributed by atoms with Crippen LogP contribution in [0.1, 0.15) is 11.4 Å². The Kier molecular flexibility index (Phi) is 3.66. The fourth-order valence-corrected chi connectivity index (χ4v) is 2.00. The monoisotopic (exact) mass is 309 g/mol. The largest absolute Gasteiger partial charge is 0.416 e. The SMILES string of the molecule is OCc1n[nH]c(=S)n1-c1cc(C(F)(F)F)ccc1Cl. The predicted molar refractivity (Wildman–Crippen MR) is 64.7 cm³/mol. The van der Waals surface area contributed by atoms with E-state index >= 15 is 0 Å². The number of H-pyrrole nitrogens is 1. The zero-order valence-corrected chi connectivity index (χ0v) is 10.8. The maximum absolute atomic E-state index is 12.7. The van der Waals surface area contributed by atoms with E-state index < -0.39 is 18.3 Å². The molecule has 1 aromatic heterocycles. The third-order valence-corrected chi connectivity index (χ3v) is 2.99. The molecule has 0 bridgehead atoms. The van der Waals surface area contributed by atoms with Crippen LogP contribution >= 0.6 is 23.8 Å². The summed E-state index contributed by atoms with van der Waals surface area (Å²) in [4.78, 5) is 0. The van der Waals surface area contributed by atoms with Crippen molar-refractivity contribution in [3.05, 3.63) is 39.4 Å². The summed E-state index contributed by atoms with van der Waals surface area (Å²) in [5.74, 6) is 0.0752. The van der Waals surface area contributed by atoms with Gasteiger partial charge >= 0.3 is 6.18 Å². The van der Waals surface area contributed by atoms with E-state index in [9.17, 15) is 13.2 Å². The van der Waals surface area contributed by atoms with E-state index in [1.54, 1.807) is 0 Å². The normalized spacial score (nSPS) is 11.8. The summed E-state index contributed by atoms with van der Waals surface area (Å²) in [5, 5.41) is 15.3. The van der Waals surface area contributed by atoms with Gasteiger partial charge in [-0.15, -0.1) is 0 Å². The number of aliphatic hydroxyl groups excluding tert-OH is 1. The number of benzene rings is 1. The molecule has 0 radical (unpaired) electrons. The van der Waals surface area contributed by atoms with Crippen molar-refractivity contribution >= 4 is 23.8 Å². The highest BCUT2D eigenvalue weighted by Gasteiger charge is 2.31. The van der Waals surface area contributed by atoms with Crippen molar-refractivity contribution in [2.24, 2.45) is 0 Å². The Hall–Kier alpha value is -1.38. The minimum absolute atomic E-state index is 0.0132. The summed E-state index contributed by atoms with van der Waals surface area (Å²) in [6.45, 7) is -0.486. The second-order valence-corrected chi connectivity index (χ2v) is 4.40. The Labute approximate surface area is 115 Å². The minimum Gasteiger partial charge on any atom is -0.388 e. The molecule has 0 unspecified atom stereocenters. The van der Waals surface area contributed by atoms with E-state index in [1.165, 1.54) is 0 Å². The lowest BCUT2D eigenvalue weighted by Gasteiger charge is -2.12. The number of halogens is 4. The summed E-state index contributed by atoms with van der Waals surface area (Å²) in [6.07, 6.45) is -4.50. The van der Waals surface area contributed by atoms with Crippen LogP contribution in [0.3, 0.4) is 0 Å². The average molecular weight is 310 g/mol. The van der Waals surface area contributed by atoms with Gasteiger partial charge < -0.3 is 5.11 Å². The second kappa shape index (κ2) is 4.95. The van der Waals surface area contributed by atoms with Gasteiger partial charge in [-0.3, -0.25) is 9.67 Å². The molecule has 102 valence electrons. The molecule has 0 saturated heterocycles. The van der Waals surface area contributed by atoms with Crippen molar-refractivity contribution in [2.45, 2.75) is 12.8 Å². The number of aromatic nitrogens is 3. The van der Waals surface area contributed by atoms with Crippen LogP contribution in [0.15, 0.2) is 18.2 Å². The van der Waals surface area contributed by atoms with Crippen molar-refractivity contribution in [2.75, 3.05) is 0 Å². The van der Waals surface area contributed by atoms with Crippen molar-refractivity contribution < 1.29 is 18.3 Å². The van der Waals surface area contributed by atoms with E-state index in [-0.39, 0.29) is 21.3 Å². The standard InChI is InChI=1S/C10H7ClF3N3OS/c11-6-2-1-5(10(12,13)14)3-7(6)17-8(4-18)15-16-9(17)19/h1-3,18H,4H2,(H,16,19). The molecule has 0 fully saturated rings. The summed E-state index contributed by atoms with van der Waals surface area (Å²) in [7, 11) is 0. The first kappa shape index (κ1) is 14.0.